The Bertz CT molecular complexity index is 870. The fraction of sp³-hybridized carbons (Fsp3) is 0.105. The van der Waals surface area contributed by atoms with Gasteiger partial charge in [-0.15, -0.1) is 0 Å². The number of methoxy groups -OCH3 is 2. The van der Waals surface area contributed by atoms with Gasteiger partial charge in [-0.2, -0.15) is 0 Å². The molecular weight excluding hydrogens is 356 g/mol. The summed E-state index contributed by atoms with van der Waals surface area (Å²) in [6.45, 7) is 0. The Labute approximate surface area is 143 Å². The molecule has 0 aromatic heterocycles. The van der Waals surface area contributed by atoms with E-state index in [9.17, 15) is 4.79 Å². The smallest absolute Gasteiger partial charge is 0.338 e. The van der Waals surface area contributed by atoms with E-state index in [0.29, 0.717) is 5.56 Å². The molecule has 3 aromatic rings. The number of fused-ring (bicyclic) bond motifs is 1. The number of esters is 1. The van der Waals surface area contributed by atoms with E-state index in [0.717, 1.165) is 32.1 Å². The SMILES string of the molecule is COC(=O)c1cc2ccccc2c(Br)c1-c1ccc(OC)cc1. The van der Waals surface area contributed by atoms with Crippen LogP contribution in [0.4, 0.5) is 0 Å². The van der Waals surface area contributed by atoms with Crippen molar-refractivity contribution < 1.29 is 14.3 Å². The first-order valence-electron chi connectivity index (χ1n) is 7.09. The third-order valence-corrected chi connectivity index (χ3v) is 4.59. The maximum absolute atomic E-state index is 12.3. The summed E-state index contributed by atoms with van der Waals surface area (Å²) >= 11 is 3.66. The highest BCUT2D eigenvalue weighted by Crippen LogP contribution is 2.38. The Balaban J connectivity index is 2.31. The van der Waals surface area contributed by atoms with E-state index in [1.165, 1.54) is 7.11 Å². The molecule has 0 aliphatic carbocycles. The van der Waals surface area contributed by atoms with Crippen LogP contribution in [0.3, 0.4) is 0 Å². The van der Waals surface area contributed by atoms with E-state index in [2.05, 4.69) is 15.9 Å². The Hall–Kier alpha value is -2.33. The van der Waals surface area contributed by atoms with E-state index in [1.807, 2.05) is 54.6 Å². The van der Waals surface area contributed by atoms with Gasteiger partial charge in [-0.05, 0) is 50.5 Å². The van der Waals surface area contributed by atoms with Crippen LogP contribution in [-0.2, 0) is 4.74 Å². The molecule has 3 aromatic carbocycles. The number of benzene rings is 3. The highest BCUT2D eigenvalue weighted by atomic mass is 79.9. The molecule has 0 saturated heterocycles. The van der Waals surface area contributed by atoms with E-state index in [4.69, 9.17) is 9.47 Å². The van der Waals surface area contributed by atoms with Gasteiger partial charge in [0.25, 0.3) is 0 Å². The van der Waals surface area contributed by atoms with Gasteiger partial charge in [0.2, 0.25) is 0 Å². The minimum Gasteiger partial charge on any atom is -0.497 e. The minimum atomic E-state index is -0.359. The Morgan fingerprint density at radius 3 is 2.35 bits per heavy atom. The van der Waals surface area contributed by atoms with Gasteiger partial charge in [-0.3, -0.25) is 0 Å². The molecule has 0 unspecified atom stereocenters. The highest BCUT2D eigenvalue weighted by molar-refractivity contribution is 9.10. The van der Waals surface area contributed by atoms with Gasteiger partial charge in [0.15, 0.2) is 0 Å². The van der Waals surface area contributed by atoms with E-state index < -0.39 is 0 Å². The number of carbonyl (C=O) groups is 1. The third kappa shape index (κ3) is 2.82. The van der Waals surface area contributed by atoms with E-state index in [1.54, 1.807) is 7.11 Å². The zero-order chi connectivity index (χ0) is 16.4. The van der Waals surface area contributed by atoms with Gasteiger partial charge in [0.05, 0.1) is 19.8 Å². The molecule has 4 heteroatoms. The molecule has 0 bridgehead atoms. The minimum absolute atomic E-state index is 0.359. The lowest BCUT2D eigenvalue weighted by Crippen LogP contribution is -2.04. The quantitative estimate of drug-likeness (QED) is 0.604. The maximum atomic E-state index is 12.3. The molecule has 0 N–H and O–H groups in total. The lowest BCUT2D eigenvalue weighted by molar-refractivity contribution is 0.0601. The summed E-state index contributed by atoms with van der Waals surface area (Å²) in [5.41, 5.74) is 2.27. The molecule has 0 spiro atoms. The average Bonchev–Trinajstić information content (AvgIpc) is 2.61. The standard InChI is InChI=1S/C19H15BrO3/c1-22-14-9-7-12(8-10-14)17-16(19(21)23-2)11-13-5-3-4-6-15(13)18(17)20/h3-11H,1-2H3. The molecule has 0 heterocycles. The van der Waals surface area contributed by atoms with Gasteiger partial charge >= 0.3 is 5.97 Å². The van der Waals surface area contributed by atoms with Crippen LogP contribution in [0, 0.1) is 0 Å². The van der Waals surface area contributed by atoms with Crippen molar-refractivity contribution in [2.45, 2.75) is 0 Å². The Morgan fingerprint density at radius 2 is 1.70 bits per heavy atom. The van der Waals surface area contributed by atoms with Gasteiger partial charge in [-0.1, -0.05) is 36.4 Å². The number of rotatable bonds is 3. The summed E-state index contributed by atoms with van der Waals surface area (Å²) in [5.74, 6) is 0.410. The first kappa shape index (κ1) is 15.6. The van der Waals surface area contributed by atoms with Crippen molar-refractivity contribution in [3.05, 3.63) is 64.6 Å². The van der Waals surface area contributed by atoms with Crippen molar-refractivity contribution >= 4 is 32.7 Å². The van der Waals surface area contributed by atoms with Gasteiger partial charge in [-0.25, -0.2) is 4.79 Å². The van der Waals surface area contributed by atoms with Gasteiger partial charge < -0.3 is 9.47 Å². The summed E-state index contributed by atoms with van der Waals surface area (Å²) in [7, 11) is 3.02. The van der Waals surface area contributed by atoms with E-state index in [-0.39, 0.29) is 5.97 Å². The molecule has 3 rings (SSSR count). The maximum Gasteiger partial charge on any atom is 0.338 e. The molecule has 0 amide bonds. The van der Waals surface area contributed by atoms with Crippen molar-refractivity contribution in [3.8, 4) is 16.9 Å². The van der Waals surface area contributed by atoms with Crippen molar-refractivity contribution in [1.29, 1.82) is 0 Å². The second kappa shape index (κ2) is 6.42. The monoisotopic (exact) mass is 370 g/mol. The molecule has 0 aliphatic heterocycles. The average molecular weight is 371 g/mol. The second-order valence-corrected chi connectivity index (χ2v) is 5.85. The topological polar surface area (TPSA) is 35.5 Å². The third-order valence-electron chi connectivity index (χ3n) is 3.77. The first-order chi connectivity index (χ1) is 11.2. The number of hydrogen-bond donors (Lipinski definition) is 0. The predicted molar refractivity (Wildman–Crippen MR) is 95.0 cm³/mol. The van der Waals surface area contributed by atoms with Gasteiger partial charge in [0.1, 0.15) is 5.75 Å². The Kier molecular flexibility index (Phi) is 4.35. The van der Waals surface area contributed by atoms with Crippen LogP contribution in [0.25, 0.3) is 21.9 Å². The summed E-state index contributed by atoms with van der Waals surface area (Å²) < 4.78 is 11.0. The summed E-state index contributed by atoms with van der Waals surface area (Å²) in [5, 5.41) is 2.03. The molecule has 0 radical (unpaired) electrons. The lowest BCUT2D eigenvalue weighted by Gasteiger charge is -2.14. The van der Waals surface area contributed by atoms with Crippen LogP contribution < -0.4 is 4.74 Å². The number of carbonyl (C=O) groups excluding carboxylic acids is 1. The highest BCUT2D eigenvalue weighted by Gasteiger charge is 2.19. The fourth-order valence-corrected chi connectivity index (χ4v) is 3.42. The predicted octanol–water partition coefficient (Wildman–Crippen LogP) is 5.06. The van der Waals surface area contributed by atoms with Crippen molar-refractivity contribution in [2.24, 2.45) is 0 Å². The molecule has 116 valence electrons. The molecule has 23 heavy (non-hydrogen) atoms. The van der Waals surface area contributed by atoms with Crippen LogP contribution in [0.15, 0.2) is 59.1 Å². The molecule has 0 saturated carbocycles. The largest absolute Gasteiger partial charge is 0.497 e. The summed E-state index contributed by atoms with van der Waals surface area (Å²) in [6, 6.07) is 17.4. The molecule has 3 nitrogen and oxygen atoms in total. The molecule has 0 fully saturated rings. The second-order valence-electron chi connectivity index (χ2n) is 5.05. The first-order valence-corrected chi connectivity index (χ1v) is 7.89. The number of halogens is 1. The van der Waals surface area contributed by atoms with Crippen LogP contribution in [0.2, 0.25) is 0 Å². The molecule has 0 atom stereocenters. The van der Waals surface area contributed by atoms with Crippen molar-refractivity contribution in [1.82, 2.24) is 0 Å². The van der Waals surface area contributed by atoms with E-state index >= 15 is 0 Å². The van der Waals surface area contributed by atoms with Crippen LogP contribution in [-0.4, -0.2) is 20.2 Å². The molecular formula is C19H15BrO3. The van der Waals surface area contributed by atoms with Crippen LogP contribution in [0.1, 0.15) is 10.4 Å². The van der Waals surface area contributed by atoms with Crippen LogP contribution >= 0.6 is 15.9 Å². The van der Waals surface area contributed by atoms with Crippen molar-refractivity contribution in [2.75, 3.05) is 14.2 Å². The Morgan fingerprint density at radius 1 is 1.00 bits per heavy atom. The normalized spacial score (nSPS) is 10.6. The molecule has 0 aliphatic rings. The van der Waals surface area contributed by atoms with Gasteiger partial charge in [0, 0.05) is 10.0 Å². The van der Waals surface area contributed by atoms with Crippen molar-refractivity contribution in [3.63, 3.8) is 0 Å². The fourth-order valence-electron chi connectivity index (χ4n) is 2.61. The zero-order valence-electron chi connectivity index (χ0n) is 12.8. The number of ether oxygens (including phenoxy) is 2. The summed E-state index contributed by atoms with van der Waals surface area (Å²) in [4.78, 5) is 12.3. The summed E-state index contributed by atoms with van der Waals surface area (Å²) in [6.07, 6.45) is 0. The number of hydrogen-bond acceptors (Lipinski definition) is 3. The zero-order valence-corrected chi connectivity index (χ0v) is 14.4. The van der Waals surface area contributed by atoms with Crippen LogP contribution in [0.5, 0.6) is 5.75 Å². The lowest BCUT2D eigenvalue weighted by atomic mass is 9.95.